The number of anilines is 1. The number of amides is 1. The molecule has 0 spiro atoms. The second-order valence-corrected chi connectivity index (χ2v) is 8.34. The first-order chi connectivity index (χ1) is 14.9. The Morgan fingerprint density at radius 2 is 1.87 bits per heavy atom. The fraction of sp³-hybridized carbons (Fsp3) is 0.0833. The van der Waals surface area contributed by atoms with Crippen LogP contribution in [0.5, 0.6) is 5.75 Å². The van der Waals surface area contributed by atoms with E-state index >= 15 is 0 Å². The average molecular weight is 516 g/mol. The maximum absolute atomic E-state index is 12.5. The van der Waals surface area contributed by atoms with Crippen LogP contribution in [0.4, 0.5) is 5.69 Å². The van der Waals surface area contributed by atoms with Gasteiger partial charge in [-0.05, 0) is 69.9 Å². The summed E-state index contributed by atoms with van der Waals surface area (Å²) in [7, 11) is 0. The molecule has 0 atom stereocenters. The number of ether oxygens (including phenoxy) is 1. The van der Waals surface area contributed by atoms with Crippen molar-refractivity contribution in [3.63, 3.8) is 0 Å². The number of aryl methyl sites for hydroxylation is 1. The van der Waals surface area contributed by atoms with Crippen LogP contribution in [0.2, 0.25) is 10.0 Å². The Balaban J connectivity index is 1.77. The lowest BCUT2D eigenvalue weighted by molar-refractivity contribution is -0.112. The van der Waals surface area contributed by atoms with Crippen LogP contribution in [0.25, 0.3) is 6.08 Å². The third kappa shape index (κ3) is 6.11. The zero-order valence-corrected chi connectivity index (χ0v) is 19.6. The van der Waals surface area contributed by atoms with Crippen LogP contribution in [-0.4, -0.2) is 5.91 Å². The highest BCUT2D eigenvalue weighted by molar-refractivity contribution is 9.10. The molecule has 3 aromatic rings. The zero-order chi connectivity index (χ0) is 22.4. The molecule has 156 valence electrons. The summed E-state index contributed by atoms with van der Waals surface area (Å²) in [5, 5.41) is 13.0. The molecule has 0 heterocycles. The minimum atomic E-state index is -0.543. The van der Waals surface area contributed by atoms with Crippen LogP contribution in [-0.2, 0) is 11.4 Å². The van der Waals surface area contributed by atoms with Crippen LogP contribution in [0.3, 0.4) is 0 Å². The molecule has 0 bridgehead atoms. The molecule has 3 rings (SSSR count). The third-order valence-corrected chi connectivity index (χ3v) is 5.63. The number of nitrogens with zero attached hydrogens (tertiary/aromatic N) is 1. The fourth-order valence-corrected chi connectivity index (χ4v) is 3.88. The van der Waals surface area contributed by atoms with Crippen molar-refractivity contribution < 1.29 is 9.53 Å². The van der Waals surface area contributed by atoms with Gasteiger partial charge in [0.25, 0.3) is 5.91 Å². The molecule has 0 aliphatic rings. The Kier molecular flexibility index (Phi) is 7.75. The largest absolute Gasteiger partial charge is 0.486 e. The second-order valence-electron chi connectivity index (χ2n) is 6.68. The van der Waals surface area contributed by atoms with Gasteiger partial charge < -0.3 is 10.1 Å². The number of hydrogen-bond donors (Lipinski definition) is 1. The van der Waals surface area contributed by atoms with Crippen LogP contribution in [0.15, 0.2) is 70.7 Å². The smallest absolute Gasteiger partial charge is 0.266 e. The Labute approximate surface area is 199 Å². The first kappa shape index (κ1) is 22.9. The molecule has 3 aromatic carbocycles. The molecule has 0 aromatic heterocycles. The molecule has 0 fully saturated rings. The topological polar surface area (TPSA) is 62.1 Å². The summed E-state index contributed by atoms with van der Waals surface area (Å²) < 4.78 is 6.45. The molecule has 0 saturated heterocycles. The maximum atomic E-state index is 12.5. The van der Waals surface area contributed by atoms with Gasteiger partial charge in [-0.15, -0.1) is 0 Å². The van der Waals surface area contributed by atoms with Gasteiger partial charge in [-0.3, -0.25) is 4.79 Å². The number of halogens is 3. The number of nitrogens with one attached hydrogen (secondary N) is 1. The van der Waals surface area contributed by atoms with Gasteiger partial charge in [0.05, 0.1) is 9.50 Å². The Bertz CT molecular complexity index is 1160. The summed E-state index contributed by atoms with van der Waals surface area (Å²) in [5.41, 5.74) is 2.92. The van der Waals surface area contributed by atoms with Crippen molar-refractivity contribution in [2.24, 2.45) is 0 Å². The van der Waals surface area contributed by atoms with Gasteiger partial charge in [-0.1, -0.05) is 59.6 Å². The van der Waals surface area contributed by atoms with E-state index in [1.807, 2.05) is 43.3 Å². The van der Waals surface area contributed by atoms with E-state index < -0.39 is 5.91 Å². The molecule has 1 N–H and O–H groups in total. The first-order valence-corrected chi connectivity index (χ1v) is 10.8. The van der Waals surface area contributed by atoms with Crippen molar-refractivity contribution in [3.8, 4) is 11.8 Å². The van der Waals surface area contributed by atoms with Crippen LogP contribution in [0, 0.1) is 18.3 Å². The third-order valence-electron chi connectivity index (χ3n) is 4.35. The van der Waals surface area contributed by atoms with E-state index in [-0.39, 0.29) is 5.57 Å². The molecule has 4 nitrogen and oxygen atoms in total. The summed E-state index contributed by atoms with van der Waals surface area (Å²) >= 11 is 15.9. The monoisotopic (exact) mass is 514 g/mol. The number of nitriles is 1. The van der Waals surface area contributed by atoms with Crippen LogP contribution >= 0.6 is 39.1 Å². The highest BCUT2D eigenvalue weighted by Crippen LogP contribution is 2.35. The average Bonchev–Trinajstić information content (AvgIpc) is 2.74. The van der Waals surface area contributed by atoms with E-state index in [1.165, 1.54) is 6.08 Å². The predicted molar refractivity (Wildman–Crippen MR) is 128 cm³/mol. The van der Waals surface area contributed by atoms with E-state index in [9.17, 15) is 10.1 Å². The molecular formula is C24H17BrCl2N2O2. The summed E-state index contributed by atoms with van der Waals surface area (Å²) in [6.07, 6.45) is 1.46. The normalized spacial score (nSPS) is 11.0. The summed E-state index contributed by atoms with van der Waals surface area (Å²) in [4.78, 5) is 12.5. The summed E-state index contributed by atoms with van der Waals surface area (Å²) in [6, 6.07) is 20.2. The quantitative estimate of drug-likeness (QED) is 0.279. The molecule has 0 unspecified atom stereocenters. The number of hydrogen-bond acceptors (Lipinski definition) is 3. The van der Waals surface area contributed by atoms with Crippen molar-refractivity contribution >= 4 is 56.8 Å². The van der Waals surface area contributed by atoms with Gasteiger partial charge in [-0.25, -0.2) is 0 Å². The van der Waals surface area contributed by atoms with E-state index in [0.717, 1.165) is 11.1 Å². The van der Waals surface area contributed by atoms with E-state index in [1.54, 1.807) is 30.3 Å². The number of carbonyl (C=O) groups is 1. The SMILES string of the molecule is Cc1ccc(NC(=O)/C(C#N)=C\c2cc(Cl)c(OCc3ccccc3)c(Br)c2)cc1Cl. The van der Waals surface area contributed by atoms with Crippen LogP contribution in [0.1, 0.15) is 16.7 Å². The molecule has 0 aliphatic heterocycles. The van der Waals surface area contributed by atoms with Crippen LogP contribution < -0.4 is 10.1 Å². The molecular weight excluding hydrogens is 499 g/mol. The van der Waals surface area contributed by atoms with Gasteiger partial charge >= 0.3 is 0 Å². The Hall–Kier alpha value is -2.78. The molecule has 31 heavy (non-hydrogen) atoms. The van der Waals surface area contributed by atoms with Gasteiger partial charge in [0.15, 0.2) is 5.75 Å². The highest BCUT2D eigenvalue weighted by Gasteiger charge is 2.13. The Morgan fingerprint density at radius 3 is 2.52 bits per heavy atom. The lowest BCUT2D eigenvalue weighted by Gasteiger charge is -2.11. The number of rotatable bonds is 6. The van der Waals surface area contributed by atoms with Gasteiger partial charge in [0.2, 0.25) is 0 Å². The molecule has 0 radical (unpaired) electrons. The van der Waals surface area contributed by atoms with Crippen molar-refractivity contribution in [2.45, 2.75) is 13.5 Å². The van der Waals surface area contributed by atoms with Gasteiger partial charge in [-0.2, -0.15) is 5.26 Å². The van der Waals surface area contributed by atoms with Gasteiger partial charge in [0, 0.05) is 10.7 Å². The van der Waals surface area contributed by atoms with Crippen molar-refractivity contribution in [1.82, 2.24) is 0 Å². The van der Waals surface area contributed by atoms with Crippen molar-refractivity contribution in [1.29, 1.82) is 5.26 Å². The minimum absolute atomic E-state index is 0.0716. The molecule has 0 saturated carbocycles. The Morgan fingerprint density at radius 1 is 1.13 bits per heavy atom. The second kappa shape index (κ2) is 10.5. The summed E-state index contributed by atoms with van der Waals surface area (Å²) in [6.45, 7) is 2.22. The molecule has 7 heteroatoms. The number of carbonyl (C=O) groups excluding carboxylic acids is 1. The summed E-state index contributed by atoms with van der Waals surface area (Å²) in [5.74, 6) is -0.0565. The van der Waals surface area contributed by atoms with Crippen molar-refractivity contribution in [2.75, 3.05) is 5.32 Å². The van der Waals surface area contributed by atoms with Crippen molar-refractivity contribution in [3.05, 3.63) is 97.4 Å². The fourth-order valence-electron chi connectivity index (χ4n) is 2.71. The van der Waals surface area contributed by atoms with Gasteiger partial charge in [0.1, 0.15) is 18.2 Å². The maximum Gasteiger partial charge on any atom is 0.266 e. The first-order valence-electron chi connectivity index (χ1n) is 9.22. The standard InChI is InChI=1S/C24H17BrCl2N2O2/c1-15-7-8-19(12-21(15)26)29-24(30)18(13-28)9-17-10-20(25)23(22(27)11-17)31-14-16-5-3-2-4-6-16/h2-12H,14H2,1H3,(H,29,30)/b18-9-. The highest BCUT2D eigenvalue weighted by atomic mass is 79.9. The van der Waals surface area contributed by atoms with E-state index in [2.05, 4.69) is 21.2 Å². The molecule has 0 aliphatic carbocycles. The van der Waals surface area contributed by atoms with E-state index in [0.29, 0.717) is 38.1 Å². The lowest BCUT2D eigenvalue weighted by Crippen LogP contribution is -2.13. The zero-order valence-electron chi connectivity index (χ0n) is 16.5. The molecule has 1 amide bonds. The lowest BCUT2D eigenvalue weighted by atomic mass is 10.1. The number of benzene rings is 3. The minimum Gasteiger partial charge on any atom is -0.486 e. The predicted octanol–water partition coefficient (Wildman–Crippen LogP) is 7.19. The van der Waals surface area contributed by atoms with E-state index in [4.69, 9.17) is 27.9 Å².